The van der Waals surface area contributed by atoms with E-state index in [1.54, 1.807) is 7.05 Å². The first kappa shape index (κ1) is 7.97. The van der Waals surface area contributed by atoms with Crippen molar-refractivity contribution in [2.24, 2.45) is 7.05 Å². The molecule has 0 unspecified atom stereocenters. The Morgan fingerprint density at radius 2 is 2.25 bits per heavy atom. The van der Waals surface area contributed by atoms with Gasteiger partial charge in [0.05, 0.1) is 11.0 Å². The maximum Gasteiger partial charge on any atom is 0.289 e. The molecule has 1 aromatic carbocycles. The third-order valence-electron chi connectivity index (χ3n) is 1.79. The number of nitrogens with zero attached hydrogens (tertiary/aromatic N) is 2. The zero-order chi connectivity index (χ0) is 8.72. The summed E-state index contributed by atoms with van der Waals surface area (Å²) in [5.41, 5.74) is 1.54. The normalized spacial score (nSPS) is 10.9. The van der Waals surface area contributed by atoms with Gasteiger partial charge in [0.15, 0.2) is 0 Å². The van der Waals surface area contributed by atoms with Gasteiger partial charge in [0.1, 0.15) is 0 Å². The molecule has 0 saturated heterocycles. The van der Waals surface area contributed by atoms with Crippen LogP contribution in [-0.2, 0) is 7.05 Å². The van der Waals surface area contributed by atoms with E-state index in [1.807, 2.05) is 18.2 Å². The number of fused-ring (bicyclic) bond motifs is 1. The van der Waals surface area contributed by atoms with E-state index in [1.165, 1.54) is 4.57 Å². The molecule has 0 amide bonds. The van der Waals surface area contributed by atoms with E-state index in [4.69, 9.17) is 0 Å². The highest BCUT2D eigenvalue weighted by molar-refractivity contribution is 14.1. The minimum Gasteiger partial charge on any atom is -0.303 e. The minimum atomic E-state index is -0.438. The molecule has 0 spiro atoms. The summed E-state index contributed by atoms with van der Waals surface area (Å²) in [5.74, 6) is 0. The molecule has 0 N–H and O–H groups in total. The molecule has 2 rings (SSSR count). The lowest BCUT2D eigenvalue weighted by Gasteiger charge is -1.93. The molecule has 0 aliphatic rings. The average molecular weight is 276 g/mol. The molecule has 62 valence electrons. The highest BCUT2D eigenvalue weighted by Crippen LogP contribution is 2.16. The molecule has 0 saturated carbocycles. The van der Waals surface area contributed by atoms with Gasteiger partial charge in [-0.3, -0.25) is 0 Å². The van der Waals surface area contributed by atoms with Crippen molar-refractivity contribution in [3.8, 4) is 0 Å². The van der Waals surface area contributed by atoms with E-state index >= 15 is 0 Å². The molecule has 2 nitrogen and oxygen atoms in total. The molecule has 0 aliphatic carbocycles. The van der Waals surface area contributed by atoms with E-state index in [2.05, 4.69) is 27.6 Å². The van der Waals surface area contributed by atoms with Gasteiger partial charge < -0.3 is 4.57 Å². The fourth-order valence-electron chi connectivity index (χ4n) is 1.14. The Bertz CT molecular complexity index is 436. The summed E-state index contributed by atoms with van der Waals surface area (Å²) in [6, 6.07) is 5.66. The SMILES string of the molecule is Cn1c(F)nc2cc(I)ccc21. The van der Waals surface area contributed by atoms with Crippen LogP contribution in [-0.4, -0.2) is 9.55 Å². The molecule has 0 aliphatic heterocycles. The second-order valence-electron chi connectivity index (χ2n) is 2.57. The molecule has 1 heterocycles. The molecule has 0 atom stereocenters. The van der Waals surface area contributed by atoms with Crippen molar-refractivity contribution in [1.29, 1.82) is 0 Å². The van der Waals surface area contributed by atoms with Crippen LogP contribution in [0.2, 0.25) is 0 Å². The number of imidazole rings is 1. The molecular formula is C8H6FIN2. The van der Waals surface area contributed by atoms with Gasteiger partial charge >= 0.3 is 0 Å². The average Bonchev–Trinajstić information content (AvgIpc) is 2.28. The lowest BCUT2D eigenvalue weighted by Crippen LogP contribution is -1.90. The summed E-state index contributed by atoms with van der Waals surface area (Å²) in [5, 5.41) is 0. The Kier molecular flexibility index (Phi) is 1.79. The summed E-state index contributed by atoms with van der Waals surface area (Å²) in [6.07, 6.45) is -0.438. The maximum absolute atomic E-state index is 12.9. The third kappa shape index (κ3) is 1.10. The lowest BCUT2D eigenvalue weighted by molar-refractivity contribution is 0.507. The predicted molar refractivity (Wildman–Crippen MR) is 53.4 cm³/mol. The van der Waals surface area contributed by atoms with Crippen LogP contribution in [0.25, 0.3) is 11.0 Å². The van der Waals surface area contributed by atoms with E-state index in [-0.39, 0.29) is 0 Å². The number of rotatable bonds is 0. The van der Waals surface area contributed by atoms with Gasteiger partial charge in [-0.25, -0.2) is 4.98 Å². The number of hydrogen-bond acceptors (Lipinski definition) is 1. The molecule has 4 heteroatoms. The first-order chi connectivity index (χ1) is 5.68. The third-order valence-corrected chi connectivity index (χ3v) is 2.46. The van der Waals surface area contributed by atoms with Crippen LogP contribution < -0.4 is 0 Å². The van der Waals surface area contributed by atoms with Gasteiger partial charge in [-0.1, -0.05) is 0 Å². The zero-order valence-electron chi connectivity index (χ0n) is 6.38. The Labute approximate surface area is 82.5 Å². The number of benzene rings is 1. The zero-order valence-corrected chi connectivity index (χ0v) is 8.54. The second kappa shape index (κ2) is 2.69. The number of halogens is 2. The molecular weight excluding hydrogens is 270 g/mol. The smallest absolute Gasteiger partial charge is 0.289 e. The first-order valence-corrected chi connectivity index (χ1v) is 4.54. The van der Waals surface area contributed by atoms with E-state index < -0.39 is 6.08 Å². The van der Waals surface area contributed by atoms with Gasteiger partial charge in [0, 0.05) is 10.6 Å². The lowest BCUT2D eigenvalue weighted by atomic mass is 10.3. The van der Waals surface area contributed by atoms with Gasteiger partial charge in [-0.05, 0) is 40.8 Å². The topological polar surface area (TPSA) is 17.8 Å². The van der Waals surface area contributed by atoms with Crippen LogP contribution >= 0.6 is 22.6 Å². The first-order valence-electron chi connectivity index (χ1n) is 3.46. The van der Waals surface area contributed by atoms with Crippen molar-refractivity contribution in [3.05, 3.63) is 27.8 Å². The fraction of sp³-hybridized carbons (Fsp3) is 0.125. The summed E-state index contributed by atoms with van der Waals surface area (Å²) in [4.78, 5) is 3.77. The Morgan fingerprint density at radius 3 is 3.00 bits per heavy atom. The number of hydrogen-bond donors (Lipinski definition) is 0. The highest BCUT2D eigenvalue weighted by atomic mass is 127. The van der Waals surface area contributed by atoms with Crippen molar-refractivity contribution in [1.82, 2.24) is 9.55 Å². The minimum absolute atomic E-state index is 0.438. The van der Waals surface area contributed by atoms with Gasteiger partial charge in [-0.15, -0.1) is 0 Å². The van der Waals surface area contributed by atoms with Crippen molar-refractivity contribution in [2.75, 3.05) is 0 Å². The van der Waals surface area contributed by atoms with Crippen LogP contribution in [0.15, 0.2) is 18.2 Å². The molecule has 2 aromatic rings. The molecule has 12 heavy (non-hydrogen) atoms. The van der Waals surface area contributed by atoms with Crippen molar-refractivity contribution >= 4 is 33.6 Å². The van der Waals surface area contributed by atoms with E-state index in [9.17, 15) is 4.39 Å². The largest absolute Gasteiger partial charge is 0.303 e. The quantitative estimate of drug-likeness (QED) is 0.675. The van der Waals surface area contributed by atoms with Crippen LogP contribution in [0.3, 0.4) is 0 Å². The van der Waals surface area contributed by atoms with Crippen LogP contribution in [0.5, 0.6) is 0 Å². The second-order valence-corrected chi connectivity index (χ2v) is 3.82. The molecule has 0 radical (unpaired) electrons. The maximum atomic E-state index is 12.9. The summed E-state index contributed by atoms with van der Waals surface area (Å²) >= 11 is 2.18. The van der Waals surface area contributed by atoms with E-state index in [0.717, 1.165) is 9.09 Å². The summed E-state index contributed by atoms with van der Waals surface area (Å²) in [6.45, 7) is 0. The van der Waals surface area contributed by atoms with Crippen LogP contribution in [0.1, 0.15) is 0 Å². The molecule has 0 bridgehead atoms. The van der Waals surface area contributed by atoms with E-state index in [0.29, 0.717) is 5.52 Å². The monoisotopic (exact) mass is 276 g/mol. The van der Waals surface area contributed by atoms with Crippen molar-refractivity contribution in [2.45, 2.75) is 0 Å². The molecule has 1 aromatic heterocycles. The van der Waals surface area contributed by atoms with Crippen LogP contribution in [0.4, 0.5) is 4.39 Å². The Balaban J connectivity index is 2.87. The number of aryl methyl sites for hydroxylation is 1. The summed E-state index contributed by atoms with van der Waals surface area (Å²) < 4.78 is 15.4. The van der Waals surface area contributed by atoms with Gasteiger partial charge in [-0.2, -0.15) is 4.39 Å². The van der Waals surface area contributed by atoms with Crippen LogP contribution in [0, 0.1) is 9.65 Å². The van der Waals surface area contributed by atoms with Gasteiger partial charge in [0.25, 0.3) is 6.08 Å². The fourth-order valence-corrected chi connectivity index (χ4v) is 1.62. The Hall–Kier alpha value is -0.650. The highest BCUT2D eigenvalue weighted by Gasteiger charge is 2.05. The van der Waals surface area contributed by atoms with Crippen molar-refractivity contribution < 1.29 is 4.39 Å². The molecule has 0 fully saturated rings. The number of aromatic nitrogens is 2. The Morgan fingerprint density at radius 1 is 1.50 bits per heavy atom. The standard InChI is InChI=1S/C8H6FIN2/c1-12-7-3-2-5(10)4-6(7)11-8(12)9/h2-4H,1H3. The summed E-state index contributed by atoms with van der Waals surface area (Å²) in [7, 11) is 1.66. The van der Waals surface area contributed by atoms with Crippen molar-refractivity contribution in [3.63, 3.8) is 0 Å². The predicted octanol–water partition coefficient (Wildman–Crippen LogP) is 2.32. The van der Waals surface area contributed by atoms with Gasteiger partial charge in [0.2, 0.25) is 0 Å².